The molecule has 0 N–H and O–H groups in total. The molecule has 0 aromatic heterocycles. The number of alkyl halides is 4. The molecule has 9 heteroatoms. The summed E-state index contributed by atoms with van der Waals surface area (Å²) in [5, 5.41) is 0. The molecule has 1 aromatic rings. The van der Waals surface area contributed by atoms with Gasteiger partial charge in [-0.1, -0.05) is 0 Å². The van der Waals surface area contributed by atoms with Gasteiger partial charge in [0.1, 0.15) is 12.4 Å². The first-order valence-electron chi connectivity index (χ1n) is 5.99. The maximum Gasteiger partial charge on any atom is 0.390 e. The second-order valence-corrected chi connectivity index (χ2v) is 6.62. The molecule has 1 aromatic carbocycles. The van der Waals surface area contributed by atoms with Gasteiger partial charge in [-0.25, -0.2) is 12.7 Å². The number of ether oxygens (including phenoxy) is 1. The van der Waals surface area contributed by atoms with Crippen molar-refractivity contribution in [1.82, 2.24) is 4.31 Å². The van der Waals surface area contributed by atoms with Gasteiger partial charge in [-0.2, -0.15) is 13.2 Å². The number of benzene rings is 1. The van der Waals surface area contributed by atoms with Gasteiger partial charge >= 0.3 is 6.18 Å². The molecular formula is C12H15ClF3NO3S. The summed E-state index contributed by atoms with van der Waals surface area (Å²) in [6, 6.07) is 5.42. The fourth-order valence-corrected chi connectivity index (χ4v) is 2.70. The number of hydrogen-bond acceptors (Lipinski definition) is 3. The van der Waals surface area contributed by atoms with Crippen LogP contribution in [0.4, 0.5) is 13.2 Å². The maximum atomic E-state index is 12.1. The zero-order valence-electron chi connectivity index (χ0n) is 11.2. The van der Waals surface area contributed by atoms with Crippen molar-refractivity contribution in [3.63, 3.8) is 0 Å². The van der Waals surface area contributed by atoms with Gasteiger partial charge in [0, 0.05) is 13.6 Å². The SMILES string of the molecule is CN(CCC(F)(F)F)S(=O)(=O)c1ccc(OCCCl)cc1. The molecule has 0 saturated heterocycles. The topological polar surface area (TPSA) is 46.6 Å². The highest BCUT2D eigenvalue weighted by atomic mass is 35.5. The average molecular weight is 346 g/mol. The van der Waals surface area contributed by atoms with Crippen LogP contribution in [0.2, 0.25) is 0 Å². The van der Waals surface area contributed by atoms with Crippen LogP contribution in [-0.4, -0.2) is 45.0 Å². The van der Waals surface area contributed by atoms with Crippen LogP contribution >= 0.6 is 11.6 Å². The highest BCUT2D eigenvalue weighted by Gasteiger charge is 2.30. The van der Waals surface area contributed by atoms with E-state index in [1.165, 1.54) is 24.3 Å². The van der Waals surface area contributed by atoms with Gasteiger partial charge in [0.25, 0.3) is 0 Å². The quantitative estimate of drug-likeness (QED) is 0.714. The monoisotopic (exact) mass is 345 g/mol. The summed E-state index contributed by atoms with van der Waals surface area (Å²) in [5.41, 5.74) is 0. The first-order valence-corrected chi connectivity index (χ1v) is 7.96. The van der Waals surface area contributed by atoms with E-state index in [9.17, 15) is 21.6 Å². The number of nitrogens with zero attached hydrogens (tertiary/aromatic N) is 1. The molecule has 0 spiro atoms. The molecule has 0 amide bonds. The highest BCUT2D eigenvalue weighted by molar-refractivity contribution is 7.89. The number of hydrogen-bond donors (Lipinski definition) is 0. The normalized spacial score (nSPS) is 12.7. The van der Waals surface area contributed by atoms with Crippen molar-refractivity contribution >= 4 is 21.6 Å². The largest absolute Gasteiger partial charge is 0.492 e. The fraction of sp³-hybridized carbons (Fsp3) is 0.500. The first-order chi connectivity index (χ1) is 9.66. The highest BCUT2D eigenvalue weighted by Crippen LogP contribution is 2.23. The van der Waals surface area contributed by atoms with Crippen molar-refractivity contribution in [1.29, 1.82) is 0 Å². The van der Waals surface area contributed by atoms with Crippen LogP contribution in [0.25, 0.3) is 0 Å². The lowest BCUT2D eigenvalue weighted by Gasteiger charge is -2.18. The number of rotatable bonds is 7. The van der Waals surface area contributed by atoms with Gasteiger partial charge in [-0.3, -0.25) is 0 Å². The molecule has 120 valence electrons. The van der Waals surface area contributed by atoms with E-state index in [1.807, 2.05) is 0 Å². The van der Waals surface area contributed by atoms with E-state index in [4.69, 9.17) is 16.3 Å². The average Bonchev–Trinajstić information content (AvgIpc) is 2.42. The Morgan fingerprint density at radius 2 is 1.81 bits per heavy atom. The van der Waals surface area contributed by atoms with Crippen LogP contribution in [0, 0.1) is 0 Å². The minimum absolute atomic E-state index is 0.0922. The molecule has 21 heavy (non-hydrogen) atoms. The summed E-state index contributed by atoms with van der Waals surface area (Å²) in [4.78, 5) is -0.0922. The van der Waals surface area contributed by atoms with Crippen molar-refractivity contribution in [2.24, 2.45) is 0 Å². The molecule has 0 heterocycles. The van der Waals surface area contributed by atoms with Crippen molar-refractivity contribution in [3.05, 3.63) is 24.3 Å². The molecule has 0 fully saturated rings. The Hall–Kier alpha value is -0.990. The third kappa shape index (κ3) is 5.72. The van der Waals surface area contributed by atoms with Crippen LogP contribution in [-0.2, 0) is 10.0 Å². The van der Waals surface area contributed by atoms with E-state index in [-0.39, 0.29) is 11.5 Å². The van der Waals surface area contributed by atoms with Gasteiger partial charge in [-0.15, -0.1) is 11.6 Å². The first kappa shape index (κ1) is 18.1. The van der Waals surface area contributed by atoms with Crippen LogP contribution in [0.3, 0.4) is 0 Å². The fourth-order valence-electron chi connectivity index (χ4n) is 1.45. The summed E-state index contributed by atoms with van der Waals surface area (Å²) in [5.74, 6) is 0.729. The Labute approximate surface area is 126 Å². The van der Waals surface area contributed by atoms with Crippen molar-refractivity contribution in [3.8, 4) is 5.75 Å². The van der Waals surface area contributed by atoms with Gasteiger partial charge in [0.05, 0.1) is 17.2 Å². The molecule has 0 atom stereocenters. The van der Waals surface area contributed by atoms with E-state index < -0.39 is 29.2 Å². The zero-order chi connectivity index (χ0) is 16.1. The minimum Gasteiger partial charge on any atom is -0.492 e. The Bertz CT molecular complexity index is 546. The Morgan fingerprint density at radius 3 is 2.29 bits per heavy atom. The van der Waals surface area contributed by atoms with Crippen molar-refractivity contribution < 1.29 is 26.3 Å². The van der Waals surface area contributed by atoms with Crippen LogP contribution in [0.1, 0.15) is 6.42 Å². The van der Waals surface area contributed by atoms with E-state index >= 15 is 0 Å². The molecule has 0 radical (unpaired) electrons. The number of sulfonamides is 1. The number of halogens is 4. The van der Waals surface area contributed by atoms with Crippen molar-refractivity contribution in [2.45, 2.75) is 17.5 Å². The molecule has 4 nitrogen and oxygen atoms in total. The molecule has 0 aliphatic carbocycles. The van der Waals surface area contributed by atoms with Gasteiger partial charge in [0.2, 0.25) is 10.0 Å². The van der Waals surface area contributed by atoms with E-state index in [2.05, 4.69) is 0 Å². The lowest BCUT2D eigenvalue weighted by molar-refractivity contribution is -0.135. The Balaban J connectivity index is 2.77. The Morgan fingerprint density at radius 1 is 1.24 bits per heavy atom. The van der Waals surface area contributed by atoms with E-state index in [1.54, 1.807) is 0 Å². The van der Waals surface area contributed by atoms with E-state index in [0.29, 0.717) is 15.9 Å². The third-order valence-corrected chi connectivity index (χ3v) is 4.61. The van der Waals surface area contributed by atoms with Crippen LogP contribution in [0.5, 0.6) is 5.75 Å². The standard InChI is InChI=1S/C12H15ClF3NO3S/c1-17(8-6-12(14,15)16)21(18,19)11-4-2-10(3-5-11)20-9-7-13/h2-5H,6-9H2,1H3. The minimum atomic E-state index is -4.40. The second-order valence-electron chi connectivity index (χ2n) is 4.20. The third-order valence-electron chi connectivity index (χ3n) is 2.59. The molecular weight excluding hydrogens is 331 g/mol. The predicted molar refractivity (Wildman–Crippen MR) is 73.1 cm³/mol. The second kappa shape index (κ2) is 7.33. The van der Waals surface area contributed by atoms with Gasteiger partial charge in [0.15, 0.2) is 0 Å². The summed E-state index contributed by atoms with van der Waals surface area (Å²) >= 11 is 5.45. The molecule has 0 unspecified atom stereocenters. The maximum absolute atomic E-state index is 12.1. The molecule has 0 aliphatic heterocycles. The smallest absolute Gasteiger partial charge is 0.390 e. The lowest BCUT2D eigenvalue weighted by atomic mass is 10.3. The van der Waals surface area contributed by atoms with Gasteiger partial charge in [-0.05, 0) is 24.3 Å². The summed E-state index contributed by atoms with van der Waals surface area (Å²) in [6.45, 7) is -0.352. The molecule has 0 aliphatic rings. The molecule has 1 rings (SSSR count). The van der Waals surface area contributed by atoms with Crippen molar-refractivity contribution in [2.75, 3.05) is 26.1 Å². The molecule has 0 saturated carbocycles. The molecule has 0 bridgehead atoms. The Kier molecular flexibility index (Phi) is 6.30. The summed E-state index contributed by atoms with van der Waals surface area (Å²) in [7, 11) is -2.84. The zero-order valence-corrected chi connectivity index (χ0v) is 12.8. The lowest BCUT2D eigenvalue weighted by Crippen LogP contribution is -2.30. The van der Waals surface area contributed by atoms with E-state index in [0.717, 1.165) is 7.05 Å². The summed E-state index contributed by atoms with van der Waals surface area (Å²) < 4.78 is 66.4. The van der Waals surface area contributed by atoms with Gasteiger partial charge < -0.3 is 4.74 Å². The van der Waals surface area contributed by atoms with Crippen LogP contribution < -0.4 is 4.74 Å². The summed E-state index contributed by atoms with van der Waals surface area (Å²) in [6.07, 6.45) is -5.59. The van der Waals surface area contributed by atoms with Crippen LogP contribution in [0.15, 0.2) is 29.2 Å². The predicted octanol–water partition coefficient (Wildman–Crippen LogP) is 2.88.